The van der Waals surface area contributed by atoms with Gasteiger partial charge in [0.1, 0.15) is 6.54 Å². The van der Waals surface area contributed by atoms with E-state index >= 15 is 0 Å². The van der Waals surface area contributed by atoms with E-state index in [1.807, 2.05) is 0 Å². The van der Waals surface area contributed by atoms with Crippen molar-refractivity contribution >= 4 is 46.4 Å². The lowest BCUT2D eigenvalue weighted by Gasteiger charge is -2.08. The fraction of sp³-hybridized carbons (Fsp3) is 0.125. The number of azide groups is 1. The number of anilines is 1. The van der Waals surface area contributed by atoms with Crippen LogP contribution in [-0.2, 0) is 4.79 Å². The zero-order chi connectivity index (χ0) is 12.1. The summed E-state index contributed by atoms with van der Waals surface area (Å²) in [4.78, 5) is 13.7. The van der Waals surface area contributed by atoms with Crippen molar-refractivity contribution in [2.24, 2.45) is 5.11 Å². The quantitative estimate of drug-likeness (QED) is 0.508. The van der Waals surface area contributed by atoms with Gasteiger partial charge in [-0.3, -0.25) is 4.79 Å². The number of hydrogen-bond donors (Lipinski definition) is 1. The van der Waals surface area contributed by atoms with Gasteiger partial charge in [0.2, 0.25) is 5.91 Å². The zero-order valence-corrected chi connectivity index (χ0v) is 10.0. The van der Waals surface area contributed by atoms with Crippen LogP contribution in [0.3, 0.4) is 0 Å². The molecule has 0 spiro atoms. The van der Waals surface area contributed by atoms with Gasteiger partial charge in [-0.2, -0.15) is 0 Å². The normalized spacial score (nSPS) is 9.44. The highest BCUT2D eigenvalue weighted by Crippen LogP contribution is 2.33. The second kappa shape index (κ2) is 5.82. The predicted molar refractivity (Wildman–Crippen MR) is 64.1 cm³/mol. The third-order valence-electron chi connectivity index (χ3n) is 1.55. The van der Waals surface area contributed by atoms with E-state index in [1.54, 1.807) is 0 Å². The number of hydrogen-bond acceptors (Lipinski definition) is 2. The molecule has 0 radical (unpaired) electrons. The van der Waals surface area contributed by atoms with Crippen LogP contribution in [-0.4, -0.2) is 12.5 Å². The molecule has 1 N–H and O–H groups in total. The van der Waals surface area contributed by atoms with Crippen LogP contribution >= 0.6 is 34.8 Å². The molecule has 0 saturated carbocycles. The Labute approximate surface area is 106 Å². The van der Waals surface area contributed by atoms with Gasteiger partial charge in [-0.05, 0) is 17.7 Å². The molecule has 0 aliphatic carbocycles. The Hall–Kier alpha value is -1.13. The monoisotopic (exact) mass is 278 g/mol. The first kappa shape index (κ1) is 12.9. The second-order valence-corrected chi connectivity index (χ2v) is 3.93. The molecule has 0 heterocycles. The number of nitrogens with zero attached hydrogens (tertiary/aromatic N) is 3. The minimum atomic E-state index is -0.510. The van der Waals surface area contributed by atoms with Gasteiger partial charge in [0.25, 0.3) is 0 Å². The predicted octanol–water partition coefficient (Wildman–Crippen LogP) is 3.90. The molecule has 5 nitrogen and oxygen atoms in total. The number of nitrogens with one attached hydrogen (secondary N) is 1. The molecule has 1 amide bonds. The first-order valence-corrected chi connectivity index (χ1v) is 5.13. The molecule has 0 bridgehead atoms. The van der Waals surface area contributed by atoms with Crippen molar-refractivity contribution in [2.75, 3.05) is 11.9 Å². The summed E-state index contributed by atoms with van der Waals surface area (Å²) in [6, 6.07) is 2.89. The lowest BCUT2D eigenvalue weighted by Crippen LogP contribution is -2.14. The van der Waals surface area contributed by atoms with Crippen molar-refractivity contribution in [3.8, 4) is 0 Å². The average molecular weight is 280 g/mol. The average Bonchev–Trinajstić information content (AvgIpc) is 2.20. The third kappa shape index (κ3) is 3.47. The molecular weight excluding hydrogens is 274 g/mol. The zero-order valence-electron chi connectivity index (χ0n) is 7.75. The first-order chi connectivity index (χ1) is 7.54. The van der Waals surface area contributed by atoms with Gasteiger partial charge in [0, 0.05) is 9.93 Å². The fourth-order valence-electron chi connectivity index (χ4n) is 0.936. The molecule has 1 aromatic carbocycles. The van der Waals surface area contributed by atoms with Crippen LogP contribution in [0.15, 0.2) is 17.2 Å². The fourth-order valence-corrected chi connectivity index (χ4v) is 1.85. The summed E-state index contributed by atoms with van der Waals surface area (Å²) in [5.74, 6) is -0.510. The standard InChI is InChI=1S/C8H5Cl3N4O/c9-4-1-5(10)8(6(11)2-4)14-7(16)3-13-15-12/h1-2H,3H2,(H,14,16). The summed E-state index contributed by atoms with van der Waals surface area (Å²) in [6.45, 7) is -0.328. The van der Waals surface area contributed by atoms with Crippen molar-refractivity contribution in [1.29, 1.82) is 0 Å². The number of carbonyl (C=O) groups is 1. The van der Waals surface area contributed by atoms with E-state index in [0.717, 1.165) is 0 Å². The van der Waals surface area contributed by atoms with Gasteiger partial charge in [-0.1, -0.05) is 39.9 Å². The molecule has 1 rings (SSSR count). The number of amides is 1. The minimum Gasteiger partial charge on any atom is -0.323 e. The number of rotatable bonds is 3. The smallest absolute Gasteiger partial charge is 0.230 e. The Kier molecular flexibility index (Phi) is 4.71. The number of carbonyl (C=O) groups excluding carboxylic acids is 1. The Morgan fingerprint density at radius 3 is 2.44 bits per heavy atom. The van der Waals surface area contributed by atoms with Crippen molar-refractivity contribution < 1.29 is 4.79 Å². The highest BCUT2D eigenvalue weighted by Gasteiger charge is 2.10. The molecule has 8 heteroatoms. The maximum atomic E-state index is 11.2. The highest BCUT2D eigenvalue weighted by molar-refractivity contribution is 6.42. The topological polar surface area (TPSA) is 77.9 Å². The number of halogens is 3. The molecule has 0 aliphatic heterocycles. The van der Waals surface area contributed by atoms with Crippen LogP contribution in [0.1, 0.15) is 0 Å². The van der Waals surface area contributed by atoms with Crippen molar-refractivity contribution in [1.82, 2.24) is 0 Å². The van der Waals surface area contributed by atoms with Crippen LogP contribution < -0.4 is 5.32 Å². The van der Waals surface area contributed by atoms with Crippen LogP contribution in [0.5, 0.6) is 0 Å². The Bertz CT molecular complexity index is 447. The first-order valence-electron chi connectivity index (χ1n) is 4.00. The SMILES string of the molecule is [N-]=[N+]=NCC(=O)Nc1c(Cl)cc(Cl)cc1Cl. The van der Waals surface area contributed by atoms with Crippen molar-refractivity contribution in [3.63, 3.8) is 0 Å². The van der Waals surface area contributed by atoms with E-state index in [9.17, 15) is 4.79 Å². The summed E-state index contributed by atoms with van der Waals surface area (Å²) in [6.07, 6.45) is 0. The van der Waals surface area contributed by atoms with E-state index in [-0.39, 0.29) is 22.3 Å². The molecule has 0 atom stereocenters. The molecule has 0 aliphatic rings. The van der Waals surface area contributed by atoms with Crippen LogP contribution in [0, 0.1) is 0 Å². The second-order valence-electron chi connectivity index (χ2n) is 2.68. The summed E-state index contributed by atoms with van der Waals surface area (Å²) in [5, 5.41) is 6.31. The van der Waals surface area contributed by atoms with E-state index in [2.05, 4.69) is 15.3 Å². The molecule has 0 saturated heterocycles. The van der Waals surface area contributed by atoms with Crippen LogP contribution in [0.2, 0.25) is 15.1 Å². The third-order valence-corrected chi connectivity index (χ3v) is 2.36. The largest absolute Gasteiger partial charge is 0.323 e. The Balaban J connectivity index is 2.89. The summed E-state index contributed by atoms with van der Waals surface area (Å²) < 4.78 is 0. The molecule has 0 unspecified atom stereocenters. The van der Waals surface area contributed by atoms with Crippen molar-refractivity contribution in [3.05, 3.63) is 37.6 Å². The maximum absolute atomic E-state index is 11.2. The summed E-state index contributed by atoms with van der Waals surface area (Å²) >= 11 is 17.3. The molecule has 16 heavy (non-hydrogen) atoms. The van der Waals surface area contributed by atoms with Gasteiger partial charge in [-0.15, -0.1) is 0 Å². The van der Waals surface area contributed by atoms with E-state index in [0.29, 0.717) is 5.02 Å². The number of benzene rings is 1. The van der Waals surface area contributed by atoms with E-state index < -0.39 is 5.91 Å². The summed E-state index contributed by atoms with van der Waals surface area (Å²) in [7, 11) is 0. The lowest BCUT2D eigenvalue weighted by molar-refractivity contribution is -0.114. The molecule has 1 aromatic rings. The van der Waals surface area contributed by atoms with Crippen LogP contribution in [0.25, 0.3) is 10.4 Å². The minimum absolute atomic E-state index is 0.215. The summed E-state index contributed by atoms with van der Waals surface area (Å²) in [5.41, 5.74) is 8.28. The van der Waals surface area contributed by atoms with Gasteiger partial charge in [0.15, 0.2) is 0 Å². The van der Waals surface area contributed by atoms with E-state index in [1.165, 1.54) is 12.1 Å². The Morgan fingerprint density at radius 2 is 1.94 bits per heavy atom. The molecule has 84 valence electrons. The highest BCUT2D eigenvalue weighted by atomic mass is 35.5. The Morgan fingerprint density at radius 1 is 1.38 bits per heavy atom. The van der Waals surface area contributed by atoms with E-state index in [4.69, 9.17) is 40.3 Å². The molecule has 0 fully saturated rings. The van der Waals surface area contributed by atoms with Gasteiger partial charge < -0.3 is 5.32 Å². The van der Waals surface area contributed by atoms with Crippen molar-refractivity contribution in [2.45, 2.75) is 0 Å². The molecular formula is C8H5Cl3N4O. The van der Waals surface area contributed by atoms with Gasteiger partial charge in [-0.25, -0.2) is 0 Å². The van der Waals surface area contributed by atoms with Crippen LogP contribution in [0.4, 0.5) is 5.69 Å². The van der Waals surface area contributed by atoms with Gasteiger partial charge >= 0.3 is 0 Å². The molecule has 0 aromatic heterocycles. The van der Waals surface area contributed by atoms with Gasteiger partial charge in [0.05, 0.1) is 15.7 Å². The lowest BCUT2D eigenvalue weighted by atomic mass is 10.3. The maximum Gasteiger partial charge on any atom is 0.230 e.